The molecule has 2 N–H and O–H groups in total. The second-order valence-corrected chi connectivity index (χ2v) is 4.02. The number of morpholine rings is 1. The van der Waals surface area contributed by atoms with Crippen LogP contribution in [0.2, 0.25) is 0 Å². The van der Waals surface area contributed by atoms with Crippen LogP contribution in [0.15, 0.2) is 6.20 Å². The maximum atomic E-state index is 11.0. The van der Waals surface area contributed by atoms with Gasteiger partial charge in [-0.1, -0.05) is 6.92 Å². The van der Waals surface area contributed by atoms with Crippen LogP contribution >= 0.6 is 0 Å². The Hall–Kier alpha value is -1.96. The van der Waals surface area contributed by atoms with Gasteiger partial charge in [0.15, 0.2) is 0 Å². The minimum atomic E-state index is -0.489. The summed E-state index contributed by atoms with van der Waals surface area (Å²) in [5.41, 5.74) is 5.40. The number of anilines is 2. The second-order valence-electron chi connectivity index (χ2n) is 4.02. The summed E-state index contributed by atoms with van der Waals surface area (Å²) in [5.74, 6) is 0.319. The summed E-state index contributed by atoms with van der Waals surface area (Å²) in [6.45, 7) is 3.63. The summed E-state index contributed by atoms with van der Waals surface area (Å²) < 4.78 is 5.37. The molecule has 0 bridgehead atoms. The number of aromatic nitrogens is 2. The fraction of sp³-hybridized carbons (Fsp3) is 0.600. The molecular formula is C10H15N5O3. The lowest BCUT2D eigenvalue weighted by Gasteiger charge is -2.35. The molecule has 98 valence electrons. The van der Waals surface area contributed by atoms with Gasteiger partial charge >= 0.3 is 5.69 Å². The zero-order valence-electron chi connectivity index (χ0n) is 10.1. The summed E-state index contributed by atoms with van der Waals surface area (Å²) in [6.07, 6.45) is 1.97. The molecule has 18 heavy (non-hydrogen) atoms. The van der Waals surface area contributed by atoms with Crippen molar-refractivity contribution in [2.45, 2.75) is 19.4 Å². The molecule has 1 saturated heterocycles. The van der Waals surface area contributed by atoms with Crippen LogP contribution in [0.4, 0.5) is 17.5 Å². The van der Waals surface area contributed by atoms with E-state index in [0.29, 0.717) is 19.8 Å². The van der Waals surface area contributed by atoms with Crippen molar-refractivity contribution in [3.8, 4) is 0 Å². The SMILES string of the molecule is CCC1COCCN1c1nc(N)ncc1[N+](=O)[O-]. The minimum Gasteiger partial charge on any atom is -0.377 e. The van der Waals surface area contributed by atoms with E-state index in [0.717, 1.165) is 12.6 Å². The van der Waals surface area contributed by atoms with E-state index in [2.05, 4.69) is 9.97 Å². The highest BCUT2D eigenvalue weighted by molar-refractivity contribution is 5.59. The van der Waals surface area contributed by atoms with E-state index in [9.17, 15) is 10.1 Å². The monoisotopic (exact) mass is 253 g/mol. The van der Waals surface area contributed by atoms with E-state index < -0.39 is 4.92 Å². The number of hydrogen-bond donors (Lipinski definition) is 1. The van der Waals surface area contributed by atoms with Crippen LogP contribution in [0.1, 0.15) is 13.3 Å². The molecular weight excluding hydrogens is 238 g/mol. The predicted octanol–water partition coefficient (Wildman–Crippen LogP) is 0.582. The van der Waals surface area contributed by atoms with Crippen LogP contribution in [-0.2, 0) is 4.74 Å². The van der Waals surface area contributed by atoms with Crippen molar-refractivity contribution < 1.29 is 9.66 Å². The number of nitrogens with two attached hydrogens (primary N) is 1. The molecule has 0 amide bonds. The number of ether oxygens (including phenoxy) is 1. The van der Waals surface area contributed by atoms with Crippen LogP contribution < -0.4 is 10.6 Å². The fourth-order valence-electron chi connectivity index (χ4n) is 1.99. The fourth-order valence-corrected chi connectivity index (χ4v) is 1.99. The highest BCUT2D eigenvalue weighted by Gasteiger charge is 2.29. The molecule has 8 nitrogen and oxygen atoms in total. The normalized spacial score (nSPS) is 19.8. The Morgan fingerprint density at radius 3 is 3.17 bits per heavy atom. The molecule has 2 heterocycles. The zero-order chi connectivity index (χ0) is 13.1. The molecule has 0 aromatic carbocycles. The molecule has 8 heteroatoms. The van der Waals surface area contributed by atoms with Gasteiger partial charge in [-0.3, -0.25) is 10.1 Å². The second kappa shape index (κ2) is 5.13. The smallest absolute Gasteiger partial charge is 0.329 e. The van der Waals surface area contributed by atoms with Crippen molar-refractivity contribution in [2.75, 3.05) is 30.4 Å². The van der Waals surface area contributed by atoms with Crippen LogP contribution in [-0.4, -0.2) is 40.7 Å². The molecule has 0 spiro atoms. The number of nitro groups is 1. The van der Waals surface area contributed by atoms with Gasteiger partial charge in [0, 0.05) is 6.54 Å². The number of nitrogens with zero attached hydrogens (tertiary/aromatic N) is 4. The Morgan fingerprint density at radius 2 is 2.50 bits per heavy atom. The lowest BCUT2D eigenvalue weighted by molar-refractivity contribution is -0.384. The van der Waals surface area contributed by atoms with Crippen molar-refractivity contribution in [3.63, 3.8) is 0 Å². The van der Waals surface area contributed by atoms with Crippen LogP contribution in [0, 0.1) is 10.1 Å². The van der Waals surface area contributed by atoms with Crippen LogP contribution in [0.25, 0.3) is 0 Å². The largest absolute Gasteiger partial charge is 0.377 e. The zero-order valence-corrected chi connectivity index (χ0v) is 10.1. The summed E-state index contributed by atoms with van der Waals surface area (Å²) in [6, 6.07) is 0.0757. The molecule has 1 fully saturated rings. The average molecular weight is 253 g/mol. The third kappa shape index (κ3) is 2.33. The Bertz CT molecular complexity index is 453. The van der Waals surface area contributed by atoms with Gasteiger partial charge in [-0.05, 0) is 6.42 Å². The molecule has 1 aromatic heterocycles. The molecule has 0 radical (unpaired) electrons. The lowest BCUT2D eigenvalue weighted by atomic mass is 10.1. The average Bonchev–Trinajstić information content (AvgIpc) is 2.38. The summed E-state index contributed by atoms with van der Waals surface area (Å²) in [4.78, 5) is 20.1. The van der Waals surface area contributed by atoms with Gasteiger partial charge < -0.3 is 15.4 Å². The highest BCUT2D eigenvalue weighted by atomic mass is 16.6. The topological polar surface area (TPSA) is 107 Å². The number of nitrogen functional groups attached to an aromatic ring is 1. The van der Waals surface area contributed by atoms with E-state index in [-0.39, 0.29) is 23.5 Å². The first-order chi connectivity index (χ1) is 8.63. The third-order valence-electron chi connectivity index (χ3n) is 2.94. The molecule has 1 aromatic rings. The maximum Gasteiger partial charge on any atom is 0.329 e. The van der Waals surface area contributed by atoms with E-state index >= 15 is 0 Å². The first-order valence-electron chi connectivity index (χ1n) is 5.74. The summed E-state index contributed by atoms with van der Waals surface area (Å²) in [7, 11) is 0. The van der Waals surface area contributed by atoms with Gasteiger partial charge in [0.1, 0.15) is 6.20 Å². The van der Waals surface area contributed by atoms with Gasteiger partial charge in [-0.25, -0.2) is 4.98 Å². The first kappa shape index (κ1) is 12.5. The standard InChI is InChI=1S/C10H15N5O3/c1-2-7-6-18-4-3-14(7)9-8(15(16)17)5-12-10(11)13-9/h5,7H,2-4,6H2,1H3,(H2,11,12,13). The van der Waals surface area contributed by atoms with Crippen LogP contribution in [0.5, 0.6) is 0 Å². The quantitative estimate of drug-likeness (QED) is 0.620. The Kier molecular flexibility index (Phi) is 3.56. The van der Waals surface area contributed by atoms with Crippen LogP contribution in [0.3, 0.4) is 0 Å². The molecule has 1 aliphatic heterocycles. The number of rotatable bonds is 3. The van der Waals surface area contributed by atoms with E-state index in [1.807, 2.05) is 11.8 Å². The maximum absolute atomic E-state index is 11.0. The van der Waals surface area contributed by atoms with E-state index in [4.69, 9.17) is 10.5 Å². The Balaban J connectivity index is 2.41. The van der Waals surface area contributed by atoms with Gasteiger partial charge in [-0.2, -0.15) is 4.98 Å². The molecule has 0 saturated carbocycles. The summed E-state index contributed by atoms with van der Waals surface area (Å²) in [5, 5.41) is 11.0. The summed E-state index contributed by atoms with van der Waals surface area (Å²) >= 11 is 0. The van der Waals surface area contributed by atoms with Crippen molar-refractivity contribution in [1.82, 2.24) is 9.97 Å². The highest BCUT2D eigenvalue weighted by Crippen LogP contribution is 2.28. The molecule has 1 atom stereocenters. The first-order valence-corrected chi connectivity index (χ1v) is 5.74. The Labute approximate surface area is 104 Å². The van der Waals surface area contributed by atoms with Gasteiger partial charge in [0.2, 0.25) is 11.8 Å². The lowest BCUT2D eigenvalue weighted by Crippen LogP contribution is -2.46. The number of hydrogen-bond acceptors (Lipinski definition) is 7. The van der Waals surface area contributed by atoms with Gasteiger partial charge in [-0.15, -0.1) is 0 Å². The molecule has 1 aliphatic rings. The van der Waals surface area contributed by atoms with Gasteiger partial charge in [0.05, 0.1) is 24.2 Å². The van der Waals surface area contributed by atoms with Crippen molar-refractivity contribution in [3.05, 3.63) is 16.3 Å². The van der Waals surface area contributed by atoms with E-state index in [1.165, 1.54) is 0 Å². The molecule has 0 aliphatic carbocycles. The Morgan fingerprint density at radius 1 is 1.72 bits per heavy atom. The van der Waals surface area contributed by atoms with Gasteiger partial charge in [0.25, 0.3) is 0 Å². The molecule has 1 unspecified atom stereocenters. The molecule has 2 rings (SSSR count). The van der Waals surface area contributed by atoms with E-state index in [1.54, 1.807) is 0 Å². The third-order valence-corrected chi connectivity index (χ3v) is 2.94. The van der Waals surface area contributed by atoms with Crippen molar-refractivity contribution >= 4 is 17.5 Å². The van der Waals surface area contributed by atoms with Crippen molar-refractivity contribution in [2.24, 2.45) is 0 Å². The predicted molar refractivity (Wildman–Crippen MR) is 65.3 cm³/mol. The minimum absolute atomic E-state index is 0.0388. The van der Waals surface area contributed by atoms with Crippen molar-refractivity contribution in [1.29, 1.82) is 0 Å².